The van der Waals surface area contributed by atoms with Crippen LogP contribution >= 0.6 is 0 Å². The molecule has 0 amide bonds. The molecule has 0 unspecified atom stereocenters. The number of ether oxygens (including phenoxy) is 1. The van der Waals surface area contributed by atoms with E-state index in [9.17, 15) is 0 Å². The molecule has 1 aromatic rings. The van der Waals surface area contributed by atoms with Crippen LogP contribution in [0.3, 0.4) is 0 Å². The summed E-state index contributed by atoms with van der Waals surface area (Å²) < 4.78 is 5.39. The molecule has 2 rings (SSSR count). The summed E-state index contributed by atoms with van der Waals surface area (Å²) in [5.41, 5.74) is 2.28. The minimum absolute atomic E-state index is 0.411. The summed E-state index contributed by atoms with van der Waals surface area (Å²) in [7, 11) is 5.66. The first-order valence-electron chi connectivity index (χ1n) is 4.05. The van der Waals surface area contributed by atoms with E-state index >= 15 is 0 Å². The monoisotopic (exact) mass is 167 g/mol. The van der Waals surface area contributed by atoms with Gasteiger partial charge in [0.2, 0.25) is 0 Å². The molecule has 0 atom stereocenters. The molecule has 1 radical (unpaired) electrons. The average Bonchev–Trinajstić information content (AvgIpc) is 2.17. The van der Waals surface area contributed by atoms with Crippen molar-refractivity contribution in [3.8, 4) is 5.75 Å². The van der Waals surface area contributed by atoms with Crippen molar-refractivity contribution in [1.29, 1.82) is 0 Å². The van der Waals surface area contributed by atoms with Crippen LogP contribution in [0.15, 0.2) is 42.5 Å². The van der Waals surface area contributed by atoms with E-state index in [2.05, 4.69) is 6.58 Å². The Balaban J connectivity index is 2.56. The van der Waals surface area contributed by atoms with Gasteiger partial charge in [0.05, 0.1) is 0 Å². The summed E-state index contributed by atoms with van der Waals surface area (Å²) in [6.07, 6.45) is 3.65. The van der Waals surface area contributed by atoms with Gasteiger partial charge in [-0.3, -0.25) is 0 Å². The molecule has 0 fully saturated rings. The fourth-order valence-corrected chi connectivity index (χ4v) is 1.27. The standard InChI is InChI=1S/C11H8BO/c1-2-8-7-9-5-3-4-6-10(9)13-11(8)12/h2-7H,1H2. The van der Waals surface area contributed by atoms with Gasteiger partial charge in [0.25, 0.3) is 0 Å². The number of fused-ring (bicyclic) bond motifs is 1. The van der Waals surface area contributed by atoms with Gasteiger partial charge in [-0.2, -0.15) is 0 Å². The van der Waals surface area contributed by atoms with E-state index in [1.165, 1.54) is 0 Å². The molecule has 1 nitrogen and oxygen atoms in total. The summed E-state index contributed by atoms with van der Waals surface area (Å²) in [4.78, 5) is 0. The van der Waals surface area contributed by atoms with Crippen LogP contribution in [0.4, 0.5) is 0 Å². The number of para-hydroxylation sites is 1. The van der Waals surface area contributed by atoms with Gasteiger partial charge in [-0.25, -0.2) is 0 Å². The van der Waals surface area contributed by atoms with Crippen molar-refractivity contribution in [2.45, 2.75) is 0 Å². The van der Waals surface area contributed by atoms with E-state index in [1.807, 2.05) is 30.3 Å². The first-order chi connectivity index (χ1) is 6.31. The Labute approximate surface area is 78.4 Å². The average molecular weight is 167 g/mol. The molecule has 2 heteroatoms. The van der Waals surface area contributed by atoms with Crippen LogP contribution < -0.4 is 4.74 Å². The second kappa shape index (κ2) is 3.06. The third-order valence-electron chi connectivity index (χ3n) is 1.95. The van der Waals surface area contributed by atoms with Crippen LogP contribution in [0.5, 0.6) is 5.75 Å². The molecule has 1 heterocycles. The van der Waals surface area contributed by atoms with E-state index < -0.39 is 0 Å². The molecular weight excluding hydrogens is 159 g/mol. The molecular formula is C11H8BO. The van der Waals surface area contributed by atoms with Crippen LogP contribution in [0.1, 0.15) is 5.56 Å². The predicted molar refractivity (Wildman–Crippen MR) is 56.0 cm³/mol. The van der Waals surface area contributed by atoms with Gasteiger partial charge >= 0.3 is 77.8 Å². The first kappa shape index (κ1) is 8.05. The molecule has 0 N–H and O–H groups in total. The van der Waals surface area contributed by atoms with Gasteiger partial charge < -0.3 is 0 Å². The maximum absolute atomic E-state index is 5.66. The van der Waals surface area contributed by atoms with Crippen molar-refractivity contribution >= 4 is 19.2 Å². The molecule has 1 aliphatic heterocycles. The van der Waals surface area contributed by atoms with Crippen LogP contribution in [-0.4, -0.2) is 13.1 Å². The first-order valence-corrected chi connectivity index (χ1v) is 4.05. The van der Waals surface area contributed by atoms with Crippen LogP contribution in [-0.2, 0) is 0 Å². The molecule has 61 valence electrons. The summed E-state index contributed by atoms with van der Waals surface area (Å²) >= 11 is 0. The summed E-state index contributed by atoms with van der Waals surface area (Å²) in [6, 6.07) is 7.74. The quantitative estimate of drug-likeness (QED) is 0.580. The van der Waals surface area contributed by atoms with Gasteiger partial charge in [0.1, 0.15) is 0 Å². The summed E-state index contributed by atoms with van der Waals surface area (Å²) in [6.45, 7) is 3.66. The van der Waals surface area contributed by atoms with Crippen LogP contribution in [0.25, 0.3) is 6.08 Å². The van der Waals surface area contributed by atoms with Crippen LogP contribution in [0, 0.1) is 0 Å². The molecule has 0 saturated carbocycles. The van der Waals surface area contributed by atoms with Gasteiger partial charge in [-0.1, -0.05) is 0 Å². The van der Waals surface area contributed by atoms with Gasteiger partial charge in [-0.15, -0.1) is 0 Å². The van der Waals surface area contributed by atoms with Gasteiger partial charge in [-0.05, 0) is 0 Å². The molecule has 1 aliphatic rings. The van der Waals surface area contributed by atoms with Crippen molar-refractivity contribution in [2.24, 2.45) is 0 Å². The van der Waals surface area contributed by atoms with E-state index in [0.29, 0.717) is 5.65 Å². The zero-order chi connectivity index (χ0) is 9.26. The summed E-state index contributed by atoms with van der Waals surface area (Å²) in [5, 5.41) is 0. The second-order valence-corrected chi connectivity index (χ2v) is 2.81. The van der Waals surface area contributed by atoms with E-state index in [1.54, 1.807) is 6.08 Å². The van der Waals surface area contributed by atoms with Crippen LogP contribution in [0.2, 0.25) is 0 Å². The Hall–Kier alpha value is -1.57. The topological polar surface area (TPSA) is 9.23 Å². The molecule has 0 aliphatic carbocycles. The Morgan fingerprint density at radius 2 is 2.08 bits per heavy atom. The molecule has 0 aromatic heterocycles. The maximum atomic E-state index is 5.66. The minimum atomic E-state index is 0.411. The Bertz CT molecular complexity index is 404. The fourth-order valence-electron chi connectivity index (χ4n) is 1.27. The molecule has 13 heavy (non-hydrogen) atoms. The Morgan fingerprint density at radius 1 is 1.31 bits per heavy atom. The van der Waals surface area contributed by atoms with Crippen molar-refractivity contribution in [3.63, 3.8) is 0 Å². The van der Waals surface area contributed by atoms with Crippen molar-refractivity contribution in [2.75, 3.05) is 0 Å². The van der Waals surface area contributed by atoms with Crippen molar-refractivity contribution < 1.29 is 4.74 Å². The third-order valence-corrected chi connectivity index (χ3v) is 1.95. The van der Waals surface area contributed by atoms with Crippen molar-refractivity contribution in [3.05, 3.63) is 48.1 Å². The number of hydrogen-bond donors (Lipinski definition) is 0. The molecule has 1 aromatic carbocycles. The normalized spacial score (nSPS) is 14.1. The molecule has 0 spiro atoms. The predicted octanol–water partition coefficient (Wildman–Crippen LogP) is 1.95. The fraction of sp³-hybridized carbons (Fsp3) is 0. The van der Waals surface area contributed by atoms with E-state index in [-0.39, 0.29) is 0 Å². The third kappa shape index (κ3) is 1.35. The number of hydrogen-bond acceptors (Lipinski definition) is 1. The number of benzene rings is 1. The Kier molecular flexibility index (Phi) is 1.89. The second-order valence-electron chi connectivity index (χ2n) is 2.81. The molecule has 0 saturated heterocycles. The zero-order valence-electron chi connectivity index (χ0n) is 7.16. The Morgan fingerprint density at radius 3 is 2.85 bits per heavy atom. The van der Waals surface area contributed by atoms with E-state index in [0.717, 1.165) is 16.9 Å². The number of rotatable bonds is 1. The zero-order valence-corrected chi connectivity index (χ0v) is 7.16. The van der Waals surface area contributed by atoms with E-state index in [4.69, 9.17) is 12.2 Å². The summed E-state index contributed by atoms with van der Waals surface area (Å²) in [5.74, 6) is 0.797. The molecule has 0 bridgehead atoms. The van der Waals surface area contributed by atoms with Gasteiger partial charge in [0.15, 0.2) is 0 Å². The van der Waals surface area contributed by atoms with Crippen molar-refractivity contribution in [1.82, 2.24) is 0 Å². The SMILES string of the molecule is [B]=C1Oc2ccccc2C=C1C=C. The van der Waals surface area contributed by atoms with Gasteiger partial charge in [0, 0.05) is 0 Å².